The van der Waals surface area contributed by atoms with Gasteiger partial charge in [-0.1, -0.05) is 18.2 Å². The number of nitriles is 1. The number of carbonyl (C=O) groups is 1. The highest BCUT2D eigenvalue weighted by molar-refractivity contribution is 6.09. The van der Waals surface area contributed by atoms with Crippen molar-refractivity contribution in [3.05, 3.63) is 42.0 Å². The molecule has 0 saturated carbocycles. The van der Waals surface area contributed by atoms with Gasteiger partial charge < -0.3 is 4.98 Å². The Morgan fingerprint density at radius 1 is 1.22 bits per heavy atom. The summed E-state index contributed by atoms with van der Waals surface area (Å²) in [5.74, 6) is 0.604. The van der Waals surface area contributed by atoms with E-state index >= 15 is 0 Å². The lowest BCUT2D eigenvalue weighted by Gasteiger charge is -2.17. The second kappa shape index (κ2) is 5.17. The topological polar surface area (TPSA) is 101 Å². The SMILES string of the molecule is CC1(C)C(=O)N(CC#N)c2cc3nc(-c4n[nH]c5ccccc45)[nH]c3cc21. The zero-order chi connectivity index (χ0) is 18.8. The Morgan fingerprint density at radius 3 is 2.85 bits per heavy atom. The number of rotatable bonds is 2. The molecular formula is C20H16N6O. The lowest BCUT2D eigenvalue weighted by Crippen LogP contribution is -2.36. The maximum atomic E-state index is 12.7. The number of aromatic amines is 2. The summed E-state index contributed by atoms with van der Waals surface area (Å²) in [6.45, 7) is 3.80. The molecule has 2 aromatic carbocycles. The van der Waals surface area contributed by atoms with Crippen molar-refractivity contribution in [3.63, 3.8) is 0 Å². The minimum Gasteiger partial charge on any atom is -0.337 e. The Hall–Kier alpha value is -3.66. The maximum Gasteiger partial charge on any atom is 0.238 e. The molecule has 132 valence electrons. The molecule has 0 fully saturated rings. The molecule has 1 aliphatic rings. The highest BCUT2D eigenvalue weighted by atomic mass is 16.2. The summed E-state index contributed by atoms with van der Waals surface area (Å²) >= 11 is 0. The van der Waals surface area contributed by atoms with Crippen molar-refractivity contribution in [2.75, 3.05) is 11.4 Å². The van der Waals surface area contributed by atoms with Crippen LogP contribution in [0.2, 0.25) is 0 Å². The molecule has 7 heteroatoms. The molecule has 4 aromatic rings. The number of nitrogens with zero attached hydrogens (tertiary/aromatic N) is 4. The minimum absolute atomic E-state index is 0.0298. The van der Waals surface area contributed by atoms with Crippen molar-refractivity contribution in [1.29, 1.82) is 5.26 Å². The van der Waals surface area contributed by atoms with Gasteiger partial charge in [0, 0.05) is 5.39 Å². The Labute approximate surface area is 154 Å². The van der Waals surface area contributed by atoms with Crippen LogP contribution >= 0.6 is 0 Å². The standard InChI is InChI=1S/C20H16N6O/c1-20(2)12-9-14-15(10-16(12)26(8-7-21)19(20)27)23-18(22-14)17-11-5-3-4-6-13(11)24-25-17/h3-6,9-10H,8H2,1-2H3,(H,22,23)(H,24,25). The van der Waals surface area contributed by atoms with Crippen LogP contribution in [0.5, 0.6) is 0 Å². The van der Waals surface area contributed by atoms with Crippen molar-refractivity contribution in [3.8, 4) is 17.6 Å². The van der Waals surface area contributed by atoms with E-state index in [0.29, 0.717) is 5.82 Å². The molecule has 5 rings (SSSR count). The van der Waals surface area contributed by atoms with Gasteiger partial charge in [-0.25, -0.2) is 4.98 Å². The van der Waals surface area contributed by atoms with E-state index in [1.165, 1.54) is 4.90 Å². The van der Waals surface area contributed by atoms with Crippen LogP contribution in [-0.4, -0.2) is 32.6 Å². The molecule has 0 bridgehead atoms. The molecule has 3 heterocycles. The molecule has 0 spiro atoms. The van der Waals surface area contributed by atoms with E-state index in [2.05, 4.69) is 21.3 Å². The number of hydrogen-bond donors (Lipinski definition) is 2. The number of anilines is 1. The van der Waals surface area contributed by atoms with Crippen molar-refractivity contribution in [1.82, 2.24) is 20.2 Å². The minimum atomic E-state index is -0.676. The quantitative estimate of drug-likeness (QED) is 0.538. The van der Waals surface area contributed by atoms with Gasteiger partial charge in [0.1, 0.15) is 12.2 Å². The third kappa shape index (κ3) is 2.04. The number of carbonyl (C=O) groups excluding carboxylic acids is 1. The number of nitrogens with one attached hydrogen (secondary N) is 2. The number of imidazole rings is 1. The van der Waals surface area contributed by atoms with Gasteiger partial charge in [-0.2, -0.15) is 10.4 Å². The summed E-state index contributed by atoms with van der Waals surface area (Å²) in [6.07, 6.45) is 0. The highest BCUT2D eigenvalue weighted by Gasteiger charge is 2.44. The van der Waals surface area contributed by atoms with Gasteiger partial charge in [0.25, 0.3) is 0 Å². The highest BCUT2D eigenvalue weighted by Crippen LogP contribution is 2.43. The Bertz CT molecular complexity index is 1270. The van der Waals surface area contributed by atoms with E-state index in [1.54, 1.807) is 0 Å². The fraction of sp³-hybridized carbons (Fsp3) is 0.200. The Balaban J connectivity index is 1.71. The molecule has 0 atom stereocenters. The van der Waals surface area contributed by atoms with Crippen molar-refractivity contribution in [2.45, 2.75) is 19.3 Å². The summed E-state index contributed by atoms with van der Waals surface area (Å²) in [7, 11) is 0. The molecule has 1 aliphatic heterocycles. The average molecular weight is 356 g/mol. The molecule has 2 N–H and O–H groups in total. The van der Waals surface area contributed by atoms with Crippen LogP contribution < -0.4 is 4.90 Å². The third-order valence-corrected chi connectivity index (χ3v) is 5.27. The first-order chi connectivity index (χ1) is 13.0. The zero-order valence-corrected chi connectivity index (χ0v) is 14.9. The number of fused-ring (bicyclic) bond motifs is 3. The predicted molar refractivity (Wildman–Crippen MR) is 102 cm³/mol. The van der Waals surface area contributed by atoms with E-state index in [9.17, 15) is 4.79 Å². The summed E-state index contributed by atoms with van der Waals surface area (Å²) in [5.41, 5.74) is 4.26. The normalized spacial score (nSPS) is 15.4. The number of amides is 1. The number of benzene rings is 2. The molecule has 27 heavy (non-hydrogen) atoms. The van der Waals surface area contributed by atoms with Gasteiger partial charge in [0.05, 0.1) is 33.7 Å². The first-order valence-electron chi connectivity index (χ1n) is 8.67. The van der Waals surface area contributed by atoms with Crippen LogP contribution in [0.4, 0.5) is 5.69 Å². The number of aromatic nitrogens is 4. The lowest BCUT2D eigenvalue weighted by atomic mass is 9.86. The van der Waals surface area contributed by atoms with Gasteiger partial charge >= 0.3 is 0 Å². The first kappa shape index (κ1) is 15.6. The summed E-state index contributed by atoms with van der Waals surface area (Å²) in [6, 6.07) is 13.8. The fourth-order valence-corrected chi connectivity index (χ4v) is 3.82. The number of hydrogen-bond acceptors (Lipinski definition) is 4. The van der Waals surface area contributed by atoms with E-state index in [1.807, 2.05) is 50.2 Å². The molecule has 0 saturated heterocycles. The largest absolute Gasteiger partial charge is 0.337 e. The monoisotopic (exact) mass is 356 g/mol. The van der Waals surface area contributed by atoms with Crippen LogP contribution in [0.15, 0.2) is 36.4 Å². The van der Waals surface area contributed by atoms with Crippen LogP contribution in [0, 0.1) is 11.3 Å². The van der Waals surface area contributed by atoms with Gasteiger partial charge in [-0.15, -0.1) is 0 Å². The Kier molecular flexibility index (Phi) is 2.99. The second-order valence-corrected chi connectivity index (χ2v) is 7.26. The smallest absolute Gasteiger partial charge is 0.238 e. The van der Waals surface area contributed by atoms with Crippen molar-refractivity contribution >= 4 is 33.5 Å². The van der Waals surface area contributed by atoms with Crippen molar-refractivity contribution < 1.29 is 4.79 Å². The first-order valence-corrected chi connectivity index (χ1v) is 8.67. The number of para-hydroxylation sites is 1. The van der Waals surface area contributed by atoms with Crippen LogP contribution in [0.1, 0.15) is 19.4 Å². The van der Waals surface area contributed by atoms with E-state index in [4.69, 9.17) is 10.2 Å². The molecule has 1 amide bonds. The fourth-order valence-electron chi connectivity index (χ4n) is 3.82. The number of H-pyrrole nitrogens is 2. The predicted octanol–water partition coefficient (Wildman–Crippen LogP) is 3.25. The molecule has 7 nitrogen and oxygen atoms in total. The molecular weight excluding hydrogens is 340 g/mol. The van der Waals surface area contributed by atoms with E-state index in [-0.39, 0.29) is 12.5 Å². The van der Waals surface area contributed by atoms with Gasteiger partial charge in [0.2, 0.25) is 5.91 Å². The van der Waals surface area contributed by atoms with Gasteiger partial charge in [-0.3, -0.25) is 14.8 Å². The zero-order valence-electron chi connectivity index (χ0n) is 14.9. The molecule has 0 radical (unpaired) electrons. The third-order valence-electron chi connectivity index (χ3n) is 5.27. The van der Waals surface area contributed by atoms with Gasteiger partial charge in [0.15, 0.2) is 5.82 Å². The van der Waals surface area contributed by atoms with Gasteiger partial charge in [-0.05, 0) is 37.6 Å². The average Bonchev–Trinajstić information content (AvgIpc) is 3.31. The van der Waals surface area contributed by atoms with Crippen LogP contribution in [-0.2, 0) is 10.2 Å². The molecule has 2 aromatic heterocycles. The summed E-state index contributed by atoms with van der Waals surface area (Å²) < 4.78 is 0. The van der Waals surface area contributed by atoms with E-state index < -0.39 is 5.41 Å². The van der Waals surface area contributed by atoms with Crippen molar-refractivity contribution in [2.24, 2.45) is 0 Å². The molecule has 0 aliphatic carbocycles. The van der Waals surface area contributed by atoms with E-state index in [0.717, 1.165) is 38.9 Å². The summed E-state index contributed by atoms with van der Waals surface area (Å²) in [5, 5.41) is 17.5. The lowest BCUT2D eigenvalue weighted by molar-refractivity contribution is -0.121. The van der Waals surface area contributed by atoms with Crippen LogP contribution in [0.3, 0.4) is 0 Å². The maximum absolute atomic E-state index is 12.7. The van der Waals surface area contributed by atoms with Crippen LogP contribution in [0.25, 0.3) is 33.5 Å². The Morgan fingerprint density at radius 2 is 2.04 bits per heavy atom. The molecule has 0 unspecified atom stereocenters. The second-order valence-electron chi connectivity index (χ2n) is 7.26. The summed E-state index contributed by atoms with van der Waals surface area (Å²) in [4.78, 5) is 22.3.